The maximum atomic E-state index is 8.64. The molecule has 0 fully saturated rings. The fraction of sp³-hybridized carbons (Fsp3) is 0.143. The zero-order chi connectivity index (χ0) is 33.5. The first-order valence-electron chi connectivity index (χ1n) is 16.4. The average Bonchev–Trinajstić information content (AvgIpc) is 3.66. The fourth-order valence-corrected chi connectivity index (χ4v) is 5.72. The van der Waals surface area contributed by atoms with Crippen molar-refractivity contribution in [2.75, 3.05) is 0 Å². The number of nitrogens with zero attached hydrogens (tertiary/aromatic N) is 3. The zero-order valence-corrected chi connectivity index (χ0v) is 29.1. The minimum Gasteiger partial charge on any atom is -0.501 e. The molecule has 0 aliphatic heterocycles. The quantitative estimate of drug-likeness (QED) is 0.132. The number of rotatable bonds is 4. The normalized spacial score (nSPS) is 12.3. The Bertz CT molecular complexity index is 2380. The van der Waals surface area contributed by atoms with Gasteiger partial charge >= 0.3 is 20.1 Å². The van der Waals surface area contributed by atoms with Gasteiger partial charge in [0, 0.05) is 14.3 Å². The van der Waals surface area contributed by atoms with Crippen LogP contribution >= 0.6 is 0 Å². The Morgan fingerprint density at radius 1 is 0.809 bits per heavy atom. The van der Waals surface area contributed by atoms with Crippen LogP contribution in [0.25, 0.3) is 61.0 Å². The number of para-hydroxylation sites is 3. The van der Waals surface area contributed by atoms with Gasteiger partial charge in [0.25, 0.3) is 0 Å². The molecule has 0 radical (unpaired) electrons. The van der Waals surface area contributed by atoms with Crippen LogP contribution in [0.2, 0.25) is 0 Å². The van der Waals surface area contributed by atoms with Crippen LogP contribution in [0.1, 0.15) is 29.1 Å². The second-order valence-corrected chi connectivity index (χ2v) is 12.3. The summed E-state index contributed by atoms with van der Waals surface area (Å²) in [5.41, 5.74) is 8.54. The van der Waals surface area contributed by atoms with Crippen molar-refractivity contribution in [3.63, 3.8) is 0 Å². The molecule has 0 aliphatic rings. The Morgan fingerprint density at radius 2 is 1.60 bits per heavy atom. The van der Waals surface area contributed by atoms with E-state index in [2.05, 4.69) is 65.9 Å². The number of aromatic nitrogens is 3. The van der Waals surface area contributed by atoms with Crippen LogP contribution in [0.15, 0.2) is 132 Å². The predicted octanol–water partition coefficient (Wildman–Crippen LogP) is 9.76. The van der Waals surface area contributed by atoms with Gasteiger partial charge in [-0.15, -0.1) is 18.2 Å². The van der Waals surface area contributed by atoms with Gasteiger partial charge in [-0.3, -0.25) is 0 Å². The SMILES string of the molecule is Cn1[c-][n+](-c2[c-]cccc2)c2ccccc21.[2H]C([2H])(c1ccnc(-c2[c-]ccc3c2oc2cc(-c4ccccc4)ccc23)c1)C(C)(C)C.[Ir+3]. The third kappa shape index (κ3) is 6.83. The largest absolute Gasteiger partial charge is 3.00 e. The molecule has 0 aliphatic carbocycles. The van der Waals surface area contributed by atoms with E-state index in [9.17, 15) is 0 Å². The van der Waals surface area contributed by atoms with Crippen LogP contribution in [0.4, 0.5) is 0 Å². The Hall–Kier alpha value is -4.83. The van der Waals surface area contributed by atoms with Crippen LogP contribution in [0, 0.1) is 23.9 Å². The molecule has 3 aromatic heterocycles. The first-order chi connectivity index (χ1) is 23.1. The van der Waals surface area contributed by atoms with Crippen molar-refractivity contribution in [1.82, 2.24) is 9.55 Å². The molecule has 8 rings (SSSR count). The summed E-state index contributed by atoms with van der Waals surface area (Å²) < 4.78 is 27.6. The molecule has 0 amide bonds. The number of aryl methyl sites for hydroxylation is 1. The molecule has 0 saturated carbocycles. The molecule has 0 unspecified atom stereocenters. The number of hydrogen-bond donors (Lipinski definition) is 0. The second kappa shape index (κ2) is 13.5. The van der Waals surface area contributed by atoms with E-state index < -0.39 is 11.8 Å². The van der Waals surface area contributed by atoms with Gasteiger partial charge in [0.2, 0.25) is 6.33 Å². The van der Waals surface area contributed by atoms with Crippen molar-refractivity contribution >= 4 is 33.0 Å². The molecular formula is C42H35IrN3O+. The molecule has 0 N–H and O–H groups in total. The standard InChI is InChI=1S/C28H24NO.C14H11N2.Ir/c1-28(2,3)18-19-14-15-29-25(16-19)24-11-7-10-23-22-13-12-21(17-26(22)30-27(23)24)20-8-5-4-6-9-20;1-15-11-16(12-7-3-2-4-8-12)14-10-6-5-9-13(14)15;/h4-10,12-17H,18H2,1-3H3;2-7,9-10H,1H3;/q2*-1;+3/i18D2;;. The average molecular weight is 792 g/mol. The second-order valence-electron chi connectivity index (χ2n) is 12.3. The molecule has 0 atom stereocenters. The Balaban J connectivity index is 0.000000205. The van der Waals surface area contributed by atoms with Gasteiger partial charge < -0.3 is 18.5 Å². The van der Waals surface area contributed by atoms with Crippen LogP contribution < -0.4 is 4.57 Å². The van der Waals surface area contributed by atoms with Crippen molar-refractivity contribution in [1.29, 1.82) is 0 Å². The third-order valence-corrected chi connectivity index (χ3v) is 7.74. The van der Waals surface area contributed by atoms with Gasteiger partial charge in [-0.05, 0) is 40.7 Å². The Labute approximate surface area is 292 Å². The van der Waals surface area contributed by atoms with E-state index in [0.29, 0.717) is 16.8 Å². The van der Waals surface area contributed by atoms with Crippen molar-refractivity contribution in [2.45, 2.75) is 27.1 Å². The van der Waals surface area contributed by atoms with E-state index in [1.165, 1.54) is 5.52 Å². The molecule has 0 spiro atoms. The van der Waals surface area contributed by atoms with Gasteiger partial charge in [0.1, 0.15) is 5.58 Å². The van der Waals surface area contributed by atoms with E-state index >= 15 is 0 Å². The molecule has 0 bridgehead atoms. The van der Waals surface area contributed by atoms with Crippen LogP contribution in [-0.4, -0.2) is 9.55 Å². The van der Waals surface area contributed by atoms with Gasteiger partial charge in [-0.25, -0.2) is 0 Å². The summed E-state index contributed by atoms with van der Waals surface area (Å²) >= 11 is 0. The van der Waals surface area contributed by atoms with Crippen LogP contribution in [0.5, 0.6) is 0 Å². The van der Waals surface area contributed by atoms with Crippen molar-refractivity contribution in [2.24, 2.45) is 12.5 Å². The minimum atomic E-state index is -1.50. The predicted molar refractivity (Wildman–Crippen MR) is 187 cm³/mol. The van der Waals surface area contributed by atoms with Crippen LogP contribution in [0.3, 0.4) is 0 Å². The summed E-state index contributed by atoms with van der Waals surface area (Å²) in [6.07, 6.45) is 3.43. The number of hydrogen-bond acceptors (Lipinski definition) is 2. The molecule has 47 heavy (non-hydrogen) atoms. The van der Waals surface area contributed by atoms with Gasteiger partial charge in [0.15, 0.2) is 0 Å². The van der Waals surface area contributed by atoms with Gasteiger partial charge in [-0.1, -0.05) is 116 Å². The number of benzene rings is 5. The van der Waals surface area contributed by atoms with E-state index in [-0.39, 0.29) is 20.1 Å². The maximum Gasteiger partial charge on any atom is 3.00 e. The summed E-state index contributed by atoms with van der Waals surface area (Å²) in [6.45, 7) is 5.72. The summed E-state index contributed by atoms with van der Waals surface area (Å²) in [5, 5.41) is 2.04. The Kier molecular flexibility index (Phi) is 8.49. The van der Waals surface area contributed by atoms with Crippen molar-refractivity contribution < 1.29 is 31.8 Å². The molecule has 4 nitrogen and oxygen atoms in total. The summed E-state index contributed by atoms with van der Waals surface area (Å²) in [7, 11) is 2.00. The van der Waals surface area contributed by atoms with E-state index in [1.807, 2.05) is 110 Å². The van der Waals surface area contributed by atoms with Gasteiger partial charge in [0.05, 0.1) is 23.7 Å². The first kappa shape index (κ1) is 29.6. The van der Waals surface area contributed by atoms with E-state index in [0.717, 1.165) is 44.2 Å². The first-order valence-corrected chi connectivity index (χ1v) is 15.4. The Morgan fingerprint density at radius 3 is 2.38 bits per heavy atom. The molecular weight excluding hydrogens is 755 g/mol. The minimum absolute atomic E-state index is 0. The van der Waals surface area contributed by atoms with E-state index in [4.69, 9.17) is 7.16 Å². The molecule has 3 heterocycles. The zero-order valence-electron chi connectivity index (χ0n) is 28.7. The monoisotopic (exact) mass is 792 g/mol. The topological polar surface area (TPSA) is 34.8 Å². The summed E-state index contributed by atoms with van der Waals surface area (Å²) in [6, 6.07) is 46.6. The molecule has 8 aromatic rings. The summed E-state index contributed by atoms with van der Waals surface area (Å²) in [5.74, 6) is 0. The maximum absolute atomic E-state index is 8.64. The van der Waals surface area contributed by atoms with Gasteiger partial charge in [-0.2, -0.15) is 30.3 Å². The summed E-state index contributed by atoms with van der Waals surface area (Å²) in [4.78, 5) is 4.53. The smallest absolute Gasteiger partial charge is 0.501 e. The molecule has 5 heteroatoms. The number of imidazole rings is 1. The van der Waals surface area contributed by atoms with Crippen molar-refractivity contribution in [3.8, 4) is 28.1 Å². The van der Waals surface area contributed by atoms with Crippen molar-refractivity contribution in [3.05, 3.63) is 152 Å². The third-order valence-electron chi connectivity index (χ3n) is 7.74. The molecule has 232 valence electrons. The number of furan rings is 1. The number of fused-ring (bicyclic) bond motifs is 4. The van der Waals surface area contributed by atoms with E-state index in [1.54, 1.807) is 12.3 Å². The fourth-order valence-electron chi connectivity index (χ4n) is 5.72. The molecule has 5 aromatic carbocycles. The van der Waals surface area contributed by atoms with Crippen LogP contribution in [-0.2, 0) is 33.5 Å². The molecule has 0 saturated heterocycles. The number of pyridine rings is 1.